The van der Waals surface area contributed by atoms with Crippen LogP contribution in [-0.2, 0) is 11.3 Å². The van der Waals surface area contributed by atoms with E-state index in [2.05, 4.69) is 5.10 Å². The van der Waals surface area contributed by atoms with Gasteiger partial charge in [-0.1, -0.05) is 0 Å². The molecule has 0 aliphatic carbocycles. The quantitative estimate of drug-likeness (QED) is 0.394. The van der Waals surface area contributed by atoms with Crippen molar-refractivity contribution in [2.45, 2.75) is 27.3 Å². The van der Waals surface area contributed by atoms with Gasteiger partial charge in [-0.05, 0) is 20.8 Å². The van der Waals surface area contributed by atoms with E-state index < -0.39 is 5.78 Å². The number of Topliss-reactive ketones (excluding diaryl/α,β-unsaturated/α-hetero) is 1. The zero-order chi connectivity index (χ0) is 10.0. The molecule has 0 radical (unpaired) electrons. The van der Waals surface area contributed by atoms with Crippen molar-refractivity contribution in [3.8, 4) is 0 Å². The van der Waals surface area contributed by atoms with E-state index in [1.54, 1.807) is 18.5 Å². The van der Waals surface area contributed by atoms with Crippen LogP contribution in [0.4, 0.5) is 0 Å². The number of carbonyl (C=O) groups is 2. The van der Waals surface area contributed by atoms with Crippen LogP contribution in [0.15, 0.2) is 0 Å². The van der Waals surface area contributed by atoms with E-state index in [1.165, 1.54) is 0 Å². The summed E-state index contributed by atoms with van der Waals surface area (Å²) in [6.07, 6.45) is 0.330. The molecule has 1 heterocycles. The number of carbonyl (C=O) groups excluding carboxylic acids is 2. The van der Waals surface area contributed by atoms with Gasteiger partial charge in [-0.25, -0.2) is 0 Å². The van der Waals surface area contributed by atoms with Crippen molar-refractivity contribution in [2.24, 2.45) is 0 Å². The fourth-order valence-corrected chi connectivity index (χ4v) is 1.42. The van der Waals surface area contributed by atoms with E-state index in [0.717, 1.165) is 5.69 Å². The molecule has 0 atom stereocenters. The molecule has 13 heavy (non-hydrogen) atoms. The Morgan fingerprint density at radius 1 is 1.54 bits per heavy atom. The first-order valence-corrected chi connectivity index (χ1v) is 4.15. The summed E-state index contributed by atoms with van der Waals surface area (Å²) in [7, 11) is 0. The summed E-state index contributed by atoms with van der Waals surface area (Å²) in [6.45, 7) is 6.17. The van der Waals surface area contributed by atoms with Crippen LogP contribution in [0.25, 0.3) is 0 Å². The van der Waals surface area contributed by atoms with Crippen molar-refractivity contribution in [3.05, 3.63) is 17.0 Å². The minimum atomic E-state index is -0.491. The van der Waals surface area contributed by atoms with Crippen molar-refractivity contribution in [2.75, 3.05) is 0 Å². The Balaban J connectivity index is 3.28. The third-order valence-corrected chi connectivity index (χ3v) is 2.03. The van der Waals surface area contributed by atoms with Crippen LogP contribution in [0.5, 0.6) is 0 Å². The Kier molecular flexibility index (Phi) is 2.60. The molecule has 4 nitrogen and oxygen atoms in total. The molecule has 1 aromatic rings. The minimum absolute atomic E-state index is 0.330. The van der Waals surface area contributed by atoms with Gasteiger partial charge in [0.05, 0.1) is 11.3 Å². The molecule has 0 unspecified atom stereocenters. The first-order valence-electron chi connectivity index (χ1n) is 4.15. The Morgan fingerprint density at radius 3 is 2.54 bits per heavy atom. The van der Waals surface area contributed by atoms with Crippen LogP contribution in [0.2, 0.25) is 0 Å². The second kappa shape index (κ2) is 3.51. The molecular formula is C9H12N2O2. The highest BCUT2D eigenvalue weighted by atomic mass is 16.2. The molecule has 70 valence electrons. The average molecular weight is 180 g/mol. The van der Waals surface area contributed by atoms with Crippen LogP contribution in [0, 0.1) is 13.8 Å². The fourth-order valence-electron chi connectivity index (χ4n) is 1.42. The molecule has 0 saturated carbocycles. The number of ketones is 1. The zero-order valence-electron chi connectivity index (χ0n) is 8.00. The normalized spacial score (nSPS) is 10.1. The number of rotatable bonds is 3. The van der Waals surface area contributed by atoms with Crippen LogP contribution < -0.4 is 0 Å². The summed E-state index contributed by atoms with van der Waals surface area (Å²) in [4.78, 5) is 21.5. The van der Waals surface area contributed by atoms with E-state index in [1.807, 2.05) is 6.92 Å². The van der Waals surface area contributed by atoms with Gasteiger partial charge in [0, 0.05) is 12.2 Å². The zero-order valence-corrected chi connectivity index (χ0v) is 8.00. The van der Waals surface area contributed by atoms with Gasteiger partial charge in [-0.2, -0.15) is 5.10 Å². The lowest BCUT2D eigenvalue weighted by atomic mass is 10.1. The Labute approximate surface area is 76.6 Å². The molecule has 0 N–H and O–H groups in total. The Hall–Kier alpha value is -1.45. The SMILES string of the molecule is CCn1nc(C)c(C(=O)C=O)c1C. The van der Waals surface area contributed by atoms with Gasteiger partial charge in [0.15, 0.2) is 6.29 Å². The molecule has 0 aromatic carbocycles. The fraction of sp³-hybridized carbons (Fsp3) is 0.444. The first kappa shape index (κ1) is 9.64. The first-order chi connectivity index (χ1) is 6.11. The third-order valence-electron chi connectivity index (χ3n) is 2.03. The van der Waals surface area contributed by atoms with Gasteiger partial charge in [0.1, 0.15) is 0 Å². The van der Waals surface area contributed by atoms with Crippen molar-refractivity contribution in [1.29, 1.82) is 0 Å². The number of aryl methyl sites for hydroxylation is 2. The molecule has 0 amide bonds. The third kappa shape index (κ3) is 1.52. The summed E-state index contributed by atoms with van der Waals surface area (Å²) in [5.74, 6) is -0.491. The van der Waals surface area contributed by atoms with E-state index in [-0.39, 0.29) is 0 Å². The van der Waals surface area contributed by atoms with Crippen molar-refractivity contribution in [3.63, 3.8) is 0 Å². The molecule has 0 aliphatic rings. The van der Waals surface area contributed by atoms with Crippen LogP contribution >= 0.6 is 0 Å². The van der Waals surface area contributed by atoms with Crippen molar-refractivity contribution < 1.29 is 9.59 Å². The number of nitrogens with zero attached hydrogens (tertiary/aromatic N) is 2. The lowest BCUT2D eigenvalue weighted by Crippen LogP contribution is -2.04. The van der Waals surface area contributed by atoms with Crippen molar-refractivity contribution >= 4 is 12.1 Å². The van der Waals surface area contributed by atoms with E-state index in [0.29, 0.717) is 24.1 Å². The largest absolute Gasteiger partial charge is 0.294 e. The lowest BCUT2D eigenvalue weighted by molar-refractivity contribution is -0.104. The second-order valence-corrected chi connectivity index (χ2v) is 2.84. The molecule has 1 aromatic heterocycles. The summed E-state index contributed by atoms with van der Waals surface area (Å²) in [5.41, 5.74) is 1.82. The Morgan fingerprint density at radius 2 is 2.15 bits per heavy atom. The standard InChI is InChI=1S/C9H12N2O2/c1-4-11-7(3)9(6(2)10-11)8(13)5-12/h5H,4H2,1-3H3. The summed E-state index contributed by atoms with van der Waals surface area (Å²) in [6, 6.07) is 0. The summed E-state index contributed by atoms with van der Waals surface area (Å²) in [5, 5.41) is 4.13. The van der Waals surface area contributed by atoms with Gasteiger partial charge in [0.25, 0.3) is 0 Å². The van der Waals surface area contributed by atoms with Gasteiger partial charge >= 0.3 is 0 Å². The highest BCUT2D eigenvalue weighted by Gasteiger charge is 2.16. The van der Waals surface area contributed by atoms with E-state index >= 15 is 0 Å². The monoisotopic (exact) mass is 180 g/mol. The number of hydrogen-bond donors (Lipinski definition) is 0. The Bertz CT molecular complexity index is 353. The van der Waals surface area contributed by atoms with Gasteiger partial charge < -0.3 is 0 Å². The maximum absolute atomic E-state index is 11.2. The topological polar surface area (TPSA) is 52.0 Å². The second-order valence-electron chi connectivity index (χ2n) is 2.84. The number of aromatic nitrogens is 2. The number of aldehydes is 1. The molecule has 0 fully saturated rings. The molecule has 0 bridgehead atoms. The van der Waals surface area contributed by atoms with Crippen LogP contribution in [0.1, 0.15) is 28.7 Å². The highest BCUT2D eigenvalue weighted by molar-refractivity contribution is 6.34. The van der Waals surface area contributed by atoms with Crippen molar-refractivity contribution in [1.82, 2.24) is 9.78 Å². The van der Waals surface area contributed by atoms with E-state index in [9.17, 15) is 9.59 Å². The highest BCUT2D eigenvalue weighted by Crippen LogP contribution is 2.12. The lowest BCUT2D eigenvalue weighted by Gasteiger charge is -1.97. The van der Waals surface area contributed by atoms with Gasteiger partial charge in [-0.15, -0.1) is 0 Å². The maximum Gasteiger partial charge on any atom is 0.229 e. The molecule has 0 spiro atoms. The van der Waals surface area contributed by atoms with Gasteiger partial charge in [0.2, 0.25) is 5.78 Å². The molecule has 0 saturated heterocycles. The van der Waals surface area contributed by atoms with Crippen LogP contribution in [0.3, 0.4) is 0 Å². The maximum atomic E-state index is 11.2. The van der Waals surface area contributed by atoms with Gasteiger partial charge in [-0.3, -0.25) is 14.3 Å². The predicted octanol–water partition coefficient (Wildman–Crippen LogP) is 0.901. The number of hydrogen-bond acceptors (Lipinski definition) is 3. The molecule has 1 rings (SSSR count). The smallest absolute Gasteiger partial charge is 0.229 e. The van der Waals surface area contributed by atoms with Crippen LogP contribution in [-0.4, -0.2) is 21.8 Å². The summed E-state index contributed by atoms with van der Waals surface area (Å²) < 4.78 is 1.71. The molecular weight excluding hydrogens is 168 g/mol. The predicted molar refractivity (Wildman–Crippen MR) is 47.8 cm³/mol. The molecule has 4 heteroatoms. The van der Waals surface area contributed by atoms with E-state index in [4.69, 9.17) is 0 Å². The minimum Gasteiger partial charge on any atom is -0.294 e. The molecule has 0 aliphatic heterocycles. The average Bonchev–Trinajstić information content (AvgIpc) is 2.40. The summed E-state index contributed by atoms with van der Waals surface area (Å²) >= 11 is 0.